The third kappa shape index (κ3) is 5.44. The number of carbonyl (C=O) groups excluding carboxylic acids is 1. The molecule has 0 saturated carbocycles. The summed E-state index contributed by atoms with van der Waals surface area (Å²) in [7, 11) is 3.19. The molecule has 1 amide bonds. The molecule has 2 rings (SSSR count). The minimum absolute atomic E-state index is 0. The predicted molar refractivity (Wildman–Crippen MR) is 96.6 cm³/mol. The van der Waals surface area contributed by atoms with Gasteiger partial charge in [-0.15, -0.1) is 12.4 Å². The second-order valence-corrected chi connectivity index (χ2v) is 5.18. The molecule has 1 unspecified atom stereocenters. The number of ether oxygens (including phenoxy) is 2. The molecule has 6 heteroatoms. The van der Waals surface area contributed by atoms with Crippen LogP contribution in [0.4, 0.5) is 0 Å². The Morgan fingerprint density at radius 1 is 1.12 bits per heavy atom. The van der Waals surface area contributed by atoms with Crippen molar-refractivity contribution >= 4 is 18.3 Å². The van der Waals surface area contributed by atoms with E-state index in [0.717, 1.165) is 11.1 Å². The highest BCUT2D eigenvalue weighted by molar-refractivity contribution is 5.85. The van der Waals surface area contributed by atoms with Gasteiger partial charge >= 0.3 is 0 Å². The first-order chi connectivity index (χ1) is 11.1. The van der Waals surface area contributed by atoms with Gasteiger partial charge in [-0.3, -0.25) is 4.79 Å². The molecule has 2 aromatic carbocycles. The lowest BCUT2D eigenvalue weighted by Gasteiger charge is -2.14. The van der Waals surface area contributed by atoms with E-state index in [1.807, 2.05) is 42.5 Å². The molecule has 1 atom stereocenters. The summed E-state index contributed by atoms with van der Waals surface area (Å²) in [6.45, 7) is 0.382. The monoisotopic (exact) mass is 350 g/mol. The van der Waals surface area contributed by atoms with Crippen LogP contribution in [0.2, 0.25) is 0 Å². The highest BCUT2D eigenvalue weighted by Gasteiger charge is 2.12. The lowest BCUT2D eigenvalue weighted by atomic mass is 10.0. The molecule has 0 aromatic heterocycles. The average Bonchev–Trinajstić information content (AvgIpc) is 2.60. The van der Waals surface area contributed by atoms with Crippen molar-refractivity contribution in [3.8, 4) is 11.5 Å². The van der Waals surface area contributed by atoms with Crippen molar-refractivity contribution in [3.05, 3.63) is 59.7 Å². The molecule has 0 saturated heterocycles. The third-order valence-electron chi connectivity index (χ3n) is 3.60. The maximum atomic E-state index is 12.1. The Morgan fingerprint density at radius 2 is 1.83 bits per heavy atom. The van der Waals surface area contributed by atoms with Crippen molar-refractivity contribution in [1.82, 2.24) is 5.32 Å². The summed E-state index contributed by atoms with van der Waals surface area (Å²) in [5.41, 5.74) is 7.89. The van der Waals surface area contributed by atoms with Crippen LogP contribution in [-0.4, -0.2) is 20.1 Å². The Labute approximate surface area is 148 Å². The molecule has 0 fully saturated rings. The van der Waals surface area contributed by atoms with Gasteiger partial charge < -0.3 is 20.5 Å². The normalized spacial score (nSPS) is 11.1. The van der Waals surface area contributed by atoms with Crippen LogP contribution >= 0.6 is 12.4 Å². The van der Waals surface area contributed by atoms with Crippen LogP contribution in [0.5, 0.6) is 11.5 Å². The van der Waals surface area contributed by atoms with Crippen molar-refractivity contribution in [2.24, 2.45) is 5.73 Å². The van der Waals surface area contributed by atoms with Gasteiger partial charge in [0.2, 0.25) is 5.91 Å². The summed E-state index contributed by atoms with van der Waals surface area (Å²) in [4.78, 5) is 12.1. The Hall–Kier alpha value is -2.24. The molecule has 0 radical (unpaired) electrons. The van der Waals surface area contributed by atoms with Crippen molar-refractivity contribution < 1.29 is 14.3 Å². The molecule has 0 aliphatic carbocycles. The van der Waals surface area contributed by atoms with Crippen molar-refractivity contribution in [1.29, 1.82) is 0 Å². The molecule has 3 N–H and O–H groups in total. The largest absolute Gasteiger partial charge is 0.497 e. The number of amides is 1. The van der Waals surface area contributed by atoms with E-state index in [1.165, 1.54) is 0 Å². The summed E-state index contributed by atoms with van der Waals surface area (Å²) in [5.74, 6) is 1.29. The van der Waals surface area contributed by atoms with Crippen LogP contribution in [0.1, 0.15) is 23.6 Å². The summed E-state index contributed by atoms with van der Waals surface area (Å²) in [6.07, 6.45) is 0.239. The molecular weight excluding hydrogens is 328 g/mol. The number of methoxy groups -OCH3 is 2. The first-order valence-corrected chi connectivity index (χ1v) is 7.42. The number of rotatable bonds is 7. The molecule has 0 bridgehead atoms. The van der Waals surface area contributed by atoms with Gasteiger partial charge in [-0.1, -0.05) is 30.3 Å². The number of halogens is 1. The van der Waals surface area contributed by atoms with E-state index in [0.29, 0.717) is 18.0 Å². The van der Waals surface area contributed by atoms with Crippen LogP contribution in [0.3, 0.4) is 0 Å². The molecule has 5 nitrogen and oxygen atoms in total. The zero-order valence-electron chi connectivity index (χ0n) is 13.8. The summed E-state index contributed by atoms with van der Waals surface area (Å²) >= 11 is 0. The van der Waals surface area contributed by atoms with Gasteiger partial charge in [0, 0.05) is 30.6 Å². The molecule has 0 aliphatic heterocycles. The van der Waals surface area contributed by atoms with Gasteiger partial charge in [0.15, 0.2) is 0 Å². The first-order valence-electron chi connectivity index (χ1n) is 7.42. The van der Waals surface area contributed by atoms with Gasteiger partial charge in [-0.25, -0.2) is 0 Å². The van der Waals surface area contributed by atoms with Crippen molar-refractivity contribution in [3.63, 3.8) is 0 Å². The molecule has 2 aromatic rings. The van der Waals surface area contributed by atoms with Gasteiger partial charge in [0.1, 0.15) is 11.5 Å². The van der Waals surface area contributed by atoms with Gasteiger partial charge in [0.25, 0.3) is 0 Å². The lowest BCUT2D eigenvalue weighted by molar-refractivity contribution is -0.121. The zero-order chi connectivity index (χ0) is 16.7. The number of benzene rings is 2. The molecule has 0 spiro atoms. The Kier molecular flexibility index (Phi) is 8.09. The fourth-order valence-corrected chi connectivity index (χ4v) is 2.28. The van der Waals surface area contributed by atoms with Gasteiger partial charge in [-0.05, 0) is 17.7 Å². The Balaban J connectivity index is 0.00000288. The quantitative estimate of drug-likeness (QED) is 0.805. The maximum Gasteiger partial charge on any atom is 0.222 e. The topological polar surface area (TPSA) is 73.6 Å². The highest BCUT2D eigenvalue weighted by Crippen LogP contribution is 2.24. The van der Waals surface area contributed by atoms with E-state index in [9.17, 15) is 4.79 Å². The van der Waals surface area contributed by atoms with E-state index in [1.54, 1.807) is 20.3 Å². The number of nitrogens with one attached hydrogen (secondary N) is 1. The van der Waals surface area contributed by atoms with E-state index in [4.69, 9.17) is 15.2 Å². The minimum Gasteiger partial charge on any atom is -0.497 e. The minimum atomic E-state index is -0.311. The molecular formula is C18H23ClN2O3. The number of hydrogen-bond acceptors (Lipinski definition) is 4. The SMILES string of the molecule is COc1ccc(CNC(=O)CC(N)c2ccccc2)c(OC)c1.Cl. The number of nitrogens with two attached hydrogens (primary N) is 1. The Morgan fingerprint density at radius 3 is 2.46 bits per heavy atom. The van der Waals surface area contributed by atoms with Crippen LogP contribution in [-0.2, 0) is 11.3 Å². The third-order valence-corrected chi connectivity index (χ3v) is 3.60. The number of carbonyl (C=O) groups is 1. The van der Waals surface area contributed by atoms with Gasteiger partial charge in [0.05, 0.1) is 14.2 Å². The second kappa shape index (κ2) is 9.80. The van der Waals surface area contributed by atoms with E-state index >= 15 is 0 Å². The van der Waals surface area contributed by atoms with Crippen LogP contribution < -0.4 is 20.5 Å². The smallest absolute Gasteiger partial charge is 0.222 e. The van der Waals surface area contributed by atoms with Gasteiger partial charge in [-0.2, -0.15) is 0 Å². The fourth-order valence-electron chi connectivity index (χ4n) is 2.28. The summed E-state index contributed by atoms with van der Waals surface area (Å²) < 4.78 is 10.5. The summed E-state index contributed by atoms with van der Waals surface area (Å²) in [6, 6.07) is 14.8. The molecule has 0 aliphatic rings. The standard InChI is InChI=1S/C18H22N2O3.ClH/c1-22-15-9-8-14(17(10-15)23-2)12-20-18(21)11-16(19)13-6-4-3-5-7-13;/h3-10,16H,11-12,19H2,1-2H3,(H,20,21);1H. The van der Waals surface area contributed by atoms with E-state index in [2.05, 4.69) is 5.32 Å². The number of hydrogen-bond donors (Lipinski definition) is 2. The first kappa shape index (κ1) is 19.8. The summed E-state index contributed by atoms with van der Waals surface area (Å²) in [5, 5.41) is 2.87. The lowest BCUT2D eigenvalue weighted by Crippen LogP contribution is -2.27. The average molecular weight is 351 g/mol. The van der Waals surface area contributed by atoms with Crippen LogP contribution in [0, 0.1) is 0 Å². The van der Waals surface area contributed by atoms with Crippen LogP contribution in [0.25, 0.3) is 0 Å². The predicted octanol–water partition coefficient (Wildman–Crippen LogP) is 2.83. The van der Waals surface area contributed by atoms with Crippen molar-refractivity contribution in [2.75, 3.05) is 14.2 Å². The molecule has 130 valence electrons. The molecule has 0 heterocycles. The molecule has 24 heavy (non-hydrogen) atoms. The van der Waals surface area contributed by atoms with E-state index < -0.39 is 0 Å². The van der Waals surface area contributed by atoms with Crippen LogP contribution in [0.15, 0.2) is 48.5 Å². The van der Waals surface area contributed by atoms with E-state index in [-0.39, 0.29) is 30.8 Å². The second-order valence-electron chi connectivity index (χ2n) is 5.18. The highest BCUT2D eigenvalue weighted by atomic mass is 35.5. The van der Waals surface area contributed by atoms with Crippen molar-refractivity contribution in [2.45, 2.75) is 19.0 Å². The fraction of sp³-hybridized carbons (Fsp3) is 0.278. The maximum absolute atomic E-state index is 12.1. The zero-order valence-corrected chi connectivity index (χ0v) is 14.6. The Bertz CT molecular complexity index is 650.